The maximum atomic E-state index is 12.2. The first-order chi connectivity index (χ1) is 9.58. The molecule has 0 amide bonds. The maximum absolute atomic E-state index is 12.2. The fraction of sp³-hybridized carbons (Fsp3) is 0.385. The zero-order valence-corrected chi connectivity index (χ0v) is 11.5. The van der Waals surface area contributed by atoms with Gasteiger partial charge in [-0.3, -0.25) is 13.9 Å². The van der Waals surface area contributed by atoms with E-state index in [1.807, 2.05) is 12.1 Å². The minimum Gasteiger partial charge on any atom is -0.463 e. The van der Waals surface area contributed by atoms with Crippen molar-refractivity contribution in [3.8, 4) is 0 Å². The first-order valence-corrected chi connectivity index (χ1v) is 6.46. The van der Waals surface area contributed by atoms with E-state index < -0.39 is 0 Å². The highest BCUT2D eigenvalue weighted by Gasteiger charge is 2.26. The van der Waals surface area contributed by atoms with Gasteiger partial charge in [0.2, 0.25) is 0 Å². The van der Waals surface area contributed by atoms with Crippen LogP contribution in [-0.4, -0.2) is 15.8 Å². The topological polar surface area (TPSA) is 73.6 Å². The van der Waals surface area contributed by atoms with Crippen LogP contribution in [0.25, 0.3) is 0 Å². The average molecular weight is 277 g/mol. The van der Waals surface area contributed by atoms with Gasteiger partial charge in [-0.25, -0.2) is 4.79 Å². The van der Waals surface area contributed by atoms with E-state index in [0.717, 1.165) is 10.3 Å². The molecule has 0 radical (unpaired) electrons. The third-order valence-electron chi connectivity index (χ3n) is 3.69. The number of fused-ring (bicyclic) bond motifs is 1. The Bertz CT molecular complexity index is 742. The van der Waals surface area contributed by atoms with Crippen LogP contribution in [0.3, 0.4) is 0 Å². The molecular weight excluding hydrogens is 260 g/mol. The second-order valence-corrected chi connectivity index (χ2v) is 5.07. The predicted octanol–water partition coefficient (Wildman–Crippen LogP) is -1.35. The van der Waals surface area contributed by atoms with E-state index in [2.05, 4.69) is 5.32 Å². The van der Waals surface area contributed by atoms with Crippen LogP contribution in [0.5, 0.6) is 0 Å². The number of nitrogens with one attached hydrogen (secondary N) is 2. The van der Waals surface area contributed by atoms with E-state index in [-0.39, 0.29) is 11.2 Å². The molecule has 1 aliphatic rings. The van der Waals surface area contributed by atoms with E-state index in [0.29, 0.717) is 31.1 Å². The normalized spacial score (nSPS) is 17.6. The molecule has 3 rings (SSSR count). The van der Waals surface area contributed by atoms with Gasteiger partial charge in [-0.2, -0.15) is 0 Å². The van der Waals surface area contributed by atoms with Crippen LogP contribution in [0.2, 0.25) is 0 Å². The molecule has 0 bridgehead atoms. The van der Waals surface area contributed by atoms with Crippen LogP contribution >= 0.6 is 0 Å². The van der Waals surface area contributed by atoms with Crippen molar-refractivity contribution in [3.63, 3.8) is 0 Å². The molecule has 0 aliphatic carbocycles. The lowest BCUT2D eigenvalue weighted by atomic mass is 10.2. The van der Waals surface area contributed by atoms with Gasteiger partial charge < -0.3 is 14.6 Å². The molecule has 0 fully saturated rings. The third kappa shape index (κ3) is 1.96. The van der Waals surface area contributed by atoms with Crippen molar-refractivity contribution in [3.05, 3.63) is 50.6 Å². The van der Waals surface area contributed by atoms with Gasteiger partial charge in [-0.05, 0) is 12.1 Å². The number of hydrogen-bond acceptors (Lipinski definition) is 4. The predicted molar refractivity (Wildman–Crippen MR) is 72.5 cm³/mol. The largest absolute Gasteiger partial charge is 0.463 e. The van der Waals surface area contributed by atoms with Crippen LogP contribution in [0.1, 0.15) is 11.3 Å². The zero-order valence-electron chi connectivity index (χ0n) is 11.5. The summed E-state index contributed by atoms with van der Waals surface area (Å²) in [7, 11) is 3.18. The molecule has 1 atom stereocenters. The quantitative estimate of drug-likeness (QED) is 0.711. The molecule has 7 nitrogen and oxygen atoms in total. The summed E-state index contributed by atoms with van der Waals surface area (Å²) in [6.07, 6.45) is 1.64. The molecule has 3 heterocycles. The van der Waals surface area contributed by atoms with Crippen LogP contribution in [0.15, 0.2) is 32.4 Å². The van der Waals surface area contributed by atoms with Gasteiger partial charge in [0, 0.05) is 14.1 Å². The summed E-state index contributed by atoms with van der Waals surface area (Å²) < 4.78 is 7.97. The molecule has 2 aromatic rings. The van der Waals surface area contributed by atoms with Gasteiger partial charge >= 0.3 is 5.69 Å². The van der Waals surface area contributed by atoms with Gasteiger partial charge in [0.15, 0.2) is 12.4 Å². The molecule has 2 aromatic heterocycles. The van der Waals surface area contributed by atoms with Crippen LogP contribution < -0.4 is 21.5 Å². The van der Waals surface area contributed by atoms with E-state index in [1.54, 1.807) is 13.3 Å². The Morgan fingerprint density at radius 2 is 2.15 bits per heavy atom. The van der Waals surface area contributed by atoms with Crippen molar-refractivity contribution in [2.45, 2.75) is 13.1 Å². The molecule has 0 saturated carbocycles. The number of anilines is 1. The Labute approximate surface area is 115 Å². The summed E-state index contributed by atoms with van der Waals surface area (Å²) in [5.74, 6) is 1.51. The molecule has 2 N–H and O–H groups in total. The summed E-state index contributed by atoms with van der Waals surface area (Å²) in [5, 5.41) is 3.17. The minimum atomic E-state index is -0.310. The number of nitrogens with zero attached hydrogens (tertiary/aromatic N) is 2. The standard InChI is InChI=1S/C13H16N4O3/c1-15-11-10(12(18)16(2)13(15)19)7-17(8-14-11)6-9-4-3-5-20-9/h3-5,14H,6-8H2,1-2H3/p+1. The van der Waals surface area contributed by atoms with Gasteiger partial charge in [-0.1, -0.05) is 0 Å². The number of rotatable bonds is 2. The smallest absolute Gasteiger partial charge is 0.332 e. The minimum absolute atomic E-state index is 0.229. The maximum Gasteiger partial charge on any atom is 0.332 e. The van der Waals surface area contributed by atoms with Crippen molar-refractivity contribution in [1.82, 2.24) is 9.13 Å². The summed E-state index contributed by atoms with van der Waals surface area (Å²) in [4.78, 5) is 25.2. The molecule has 0 spiro atoms. The lowest BCUT2D eigenvalue weighted by Crippen LogP contribution is -3.11. The first kappa shape index (κ1) is 12.7. The lowest BCUT2D eigenvalue weighted by Gasteiger charge is -2.27. The van der Waals surface area contributed by atoms with Gasteiger partial charge in [-0.15, -0.1) is 0 Å². The molecule has 0 aromatic carbocycles. The monoisotopic (exact) mass is 277 g/mol. The summed E-state index contributed by atoms with van der Waals surface area (Å²) in [6.45, 7) is 1.92. The van der Waals surface area contributed by atoms with Gasteiger partial charge in [0.05, 0.1) is 6.26 Å². The number of hydrogen-bond donors (Lipinski definition) is 2. The Morgan fingerprint density at radius 3 is 2.85 bits per heavy atom. The zero-order chi connectivity index (χ0) is 14.3. The highest BCUT2D eigenvalue weighted by atomic mass is 16.3. The second kappa shape index (κ2) is 4.68. The fourth-order valence-electron chi connectivity index (χ4n) is 2.60. The number of furan rings is 1. The van der Waals surface area contributed by atoms with Crippen molar-refractivity contribution in [2.24, 2.45) is 14.1 Å². The Balaban J connectivity index is 1.95. The number of aromatic nitrogens is 2. The molecule has 7 heteroatoms. The van der Waals surface area contributed by atoms with Gasteiger partial charge in [0.25, 0.3) is 5.56 Å². The third-order valence-corrected chi connectivity index (χ3v) is 3.69. The summed E-state index contributed by atoms with van der Waals surface area (Å²) in [6, 6.07) is 3.77. The highest BCUT2D eigenvalue weighted by Crippen LogP contribution is 2.09. The summed E-state index contributed by atoms with van der Waals surface area (Å²) >= 11 is 0. The molecule has 20 heavy (non-hydrogen) atoms. The molecule has 1 unspecified atom stereocenters. The van der Waals surface area contributed by atoms with Crippen LogP contribution in [-0.2, 0) is 27.2 Å². The Morgan fingerprint density at radius 1 is 1.35 bits per heavy atom. The van der Waals surface area contributed by atoms with Crippen molar-refractivity contribution >= 4 is 5.82 Å². The molecule has 1 aliphatic heterocycles. The number of quaternary nitrogens is 1. The highest BCUT2D eigenvalue weighted by molar-refractivity contribution is 5.43. The second-order valence-electron chi connectivity index (χ2n) is 5.07. The Kier molecular flexibility index (Phi) is 2.98. The van der Waals surface area contributed by atoms with Crippen LogP contribution in [0, 0.1) is 0 Å². The van der Waals surface area contributed by atoms with E-state index in [1.165, 1.54) is 16.5 Å². The summed E-state index contributed by atoms with van der Waals surface area (Å²) in [5.41, 5.74) is 0.102. The molecule has 106 valence electrons. The van der Waals surface area contributed by atoms with Crippen molar-refractivity contribution < 1.29 is 9.32 Å². The van der Waals surface area contributed by atoms with Crippen molar-refractivity contribution in [1.29, 1.82) is 0 Å². The van der Waals surface area contributed by atoms with Gasteiger partial charge in [0.1, 0.15) is 24.5 Å². The fourth-order valence-corrected chi connectivity index (χ4v) is 2.60. The SMILES string of the molecule is Cn1c2c(c(=O)n(C)c1=O)C[NH+](Cc1ccco1)CN2. The average Bonchev–Trinajstić information content (AvgIpc) is 2.95. The lowest BCUT2D eigenvalue weighted by molar-refractivity contribution is -0.927. The van der Waals surface area contributed by atoms with E-state index >= 15 is 0 Å². The molecular formula is C13H17N4O3+. The van der Waals surface area contributed by atoms with Crippen molar-refractivity contribution in [2.75, 3.05) is 12.0 Å². The van der Waals surface area contributed by atoms with E-state index in [4.69, 9.17) is 4.42 Å². The first-order valence-electron chi connectivity index (χ1n) is 6.46. The Hall–Kier alpha value is -2.28. The van der Waals surface area contributed by atoms with E-state index in [9.17, 15) is 9.59 Å². The molecule has 0 saturated heterocycles. The van der Waals surface area contributed by atoms with Crippen LogP contribution in [0.4, 0.5) is 5.82 Å².